The Morgan fingerprint density at radius 1 is 1.15 bits per heavy atom. The molecule has 0 radical (unpaired) electrons. The Morgan fingerprint density at radius 2 is 1.70 bits per heavy atom. The van der Waals surface area contributed by atoms with Crippen LogP contribution in [0, 0.1) is 0 Å². The van der Waals surface area contributed by atoms with Gasteiger partial charge in [-0.2, -0.15) is 0 Å². The molecule has 20 heavy (non-hydrogen) atoms. The molecule has 0 heterocycles. The predicted molar refractivity (Wildman–Crippen MR) is 82.9 cm³/mol. The van der Waals surface area contributed by atoms with E-state index < -0.39 is 0 Å². The van der Waals surface area contributed by atoms with Crippen LogP contribution in [-0.2, 0) is 9.53 Å². The monoisotopic (exact) mass is 276 g/mol. The molecular weight excluding hydrogens is 250 g/mol. The van der Waals surface area contributed by atoms with Gasteiger partial charge in [-0.15, -0.1) is 0 Å². The van der Waals surface area contributed by atoms with Crippen molar-refractivity contribution < 1.29 is 14.0 Å². The van der Waals surface area contributed by atoms with Gasteiger partial charge >= 0.3 is 5.97 Å². The summed E-state index contributed by atoms with van der Waals surface area (Å²) in [7, 11) is 0. The highest BCUT2D eigenvalue weighted by atomic mass is 16.6. The molecule has 0 spiro atoms. The Morgan fingerprint density at radius 3 is 2.20 bits per heavy atom. The molecule has 0 saturated carbocycles. The summed E-state index contributed by atoms with van der Waals surface area (Å²) in [6, 6.07) is 9.75. The first-order valence-electron chi connectivity index (χ1n) is 7.37. The fourth-order valence-electron chi connectivity index (χ4n) is 2.49. The highest BCUT2D eigenvalue weighted by Gasteiger charge is 2.30. The van der Waals surface area contributed by atoms with Gasteiger partial charge in [0.05, 0.1) is 19.6 Å². The molecule has 1 aromatic rings. The van der Waals surface area contributed by atoms with Crippen LogP contribution in [0.2, 0.25) is 0 Å². The van der Waals surface area contributed by atoms with Crippen molar-refractivity contribution in [1.82, 2.24) is 0 Å². The van der Waals surface area contributed by atoms with E-state index in [2.05, 4.69) is 20.8 Å². The first-order chi connectivity index (χ1) is 9.57. The smallest absolute Gasteiger partial charge is 0.335 e. The van der Waals surface area contributed by atoms with Crippen molar-refractivity contribution in [3.63, 3.8) is 0 Å². The van der Waals surface area contributed by atoms with E-state index in [4.69, 9.17) is 4.74 Å². The van der Waals surface area contributed by atoms with Gasteiger partial charge in [0, 0.05) is 13.0 Å². The molecule has 0 aliphatic heterocycles. The Hall–Kier alpha value is -1.61. The molecule has 0 aliphatic carbocycles. The number of quaternary nitrogens is 1. The van der Waals surface area contributed by atoms with Gasteiger partial charge in [0.1, 0.15) is 0 Å². The van der Waals surface area contributed by atoms with Crippen LogP contribution in [0.5, 0.6) is 0 Å². The lowest BCUT2D eigenvalue weighted by atomic mass is 10.2. The van der Waals surface area contributed by atoms with Crippen molar-refractivity contribution in [2.75, 3.05) is 19.6 Å². The quantitative estimate of drug-likeness (QED) is 0.330. The number of hydrogen-bond acceptors (Lipinski definition) is 2. The van der Waals surface area contributed by atoms with Crippen molar-refractivity contribution in [1.29, 1.82) is 0 Å². The summed E-state index contributed by atoms with van der Waals surface area (Å²) in [5, 5.41) is 0. The maximum atomic E-state index is 11.9. The zero-order valence-electron chi connectivity index (χ0n) is 13.0. The third-order valence-electron chi connectivity index (χ3n) is 4.16. The number of hydrogen-bond donors (Lipinski definition) is 0. The van der Waals surface area contributed by atoms with Gasteiger partial charge in [-0.25, -0.2) is 4.79 Å². The van der Waals surface area contributed by atoms with Gasteiger partial charge in [0.2, 0.25) is 6.23 Å². The van der Waals surface area contributed by atoms with Crippen LogP contribution >= 0.6 is 0 Å². The molecule has 0 fully saturated rings. The van der Waals surface area contributed by atoms with Gasteiger partial charge in [-0.3, -0.25) is 4.48 Å². The van der Waals surface area contributed by atoms with Crippen LogP contribution in [0.3, 0.4) is 0 Å². The van der Waals surface area contributed by atoms with E-state index in [1.54, 1.807) is 6.08 Å². The van der Waals surface area contributed by atoms with Crippen LogP contribution in [0.25, 0.3) is 6.08 Å². The molecule has 3 heteroatoms. The van der Waals surface area contributed by atoms with E-state index in [1.165, 1.54) is 6.08 Å². The summed E-state index contributed by atoms with van der Waals surface area (Å²) >= 11 is 0. The summed E-state index contributed by atoms with van der Waals surface area (Å²) in [5.74, 6) is -0.279. The number of carbonyl (C=O) groups is 1. The summed E-state index contributed by atoms with van der Waals surface area (Å²) in [6.45, 7) is 11.3. The van der Waals surface area contributed by atoms with Crippen LogP contribution in [0.1, 0.15) is 33.3 Å². The van der Waals surface area contributed by atoms with Crippen molar-refractivity contribution in [3.05, 3.63) is 42.0 Å². The van der Waals surface area contributed by atoms with E-state index >= 15 is 0 Å². The molecule has 3 nitrogen and oxygen atoms in total. The van der Waals surface area contributed by atoms with Crippen LogP contribution < -0.4 is 0 Å². The Bertz CT molecular complexity index is 427. The normalized spacial score (nSPS) is 13.4. The minimum absolute atomic E-state index is 0.122. The summed E-state index contributed by atoms with van der Waals surface area (Å²) in [5.41, 5.74) is 0.999. The third kappa shape index (κ3) is 4.20. The number of nitrogens with zero attached hydrogens (tertiary/aromatic N) is 1. The van der Waals surface area contributed by atoms with Gasteiger partial charge in [-0.05, 0) is 32.4 Å². The van der Waals surface area contributed by atoms with Gasteiger partial charge in [-0.1, -0.05) is 30.3 Å². The van der Waals surface area contributed by atoms with E-state index in [-0.39, 0.29) is 12.2 Å². The maximum absolute atomic E-state index is 11.9. The highest BCUT2D eigenvalue weighted by Crippen LogP contribution is 2.14. The van der Waals surface area contributed by atoms with Crippen molar-refractivity contribution in [3.8, 4) is 0 Å². The number of ether oxygens (including phenoxy) is 1. The molecule has 0 saturated heterocycles. The standard InChI is InChI=1S/C17H26NO2/c1-5-18(6-2,7-3)15(4)20-17(19)14-13-16-11-9-8-10-12-16/h8-15H,5-7H2,1-4H3/q+1/b14-13+. The first kappa shape index (κ1) is 16.4. The largest absolute Gasteiger partial charge is 0.410 e. The molecule has 1 rings (SSSR count). The first-order valence-corrected chi connectivity index (χ1v) is 7.37. The molecule has 0 aliphatic rings. The highest BCUT2D eigenvalue weighted by molar-refractivity contribution is 5.87. The molecule has 0 bridgehead atoms. The van der Waals surface area contributed by atoms with E-state index in [9.17, 15) is 4.79 Å². The molecule has 1 aromatic carbocycles. The van der Waals surface area contributed by atoms with Crippen molar-refractivity contribution >= 4 is 12.0 Å². The van der Waals surface area contributed by atoms with Crippen molar-refractivity contribution in [2.24, 2.45) is 0 Å². The lowest BCUT2D eigenvalue weighted by molar-refractivity contribution is -0.962. The molecule has 1 atom stereocenters. The van der Waals surface area contributed by atoms with Crippen molar-refractivity contribution in [2.45, 2.75) is 33.9 Å². The number of carbonyl (C=O) groups excluding carboxylic acids is 1. The fraction of sp³-hybridized carbons (Fsp3) is 0.471. The van der Waals surface area contributed by atoms with Crippen LogP contribution in [0.4, 0.5) is 0 Å². The Kier molecular flexibility index (Phi) is 6.46. The third-order valence-corrected chi connectivity index (χ3v) is 4.16. The fourth-order valence-corrected chi connectivity index (χ4v) is 2.49. The zero-order chi connectivity index (χ0) is 15.0. The molecular formula is C17H26NO2+. The Labute approximate surface area is 122 Å². The average Bonchev–Trinajstić information content (AvgIpc) is 2.48. The second-order valence-electron chi connectivity index (χ2n) is 4.95. The second kappa shape index (κ2) is 7.85. The average molecular weight is 276 g/mol. The van der Waals surface area contributed by atoms with Gasteiger partial charge < -0.3 is 4.74 Å². The zero-order valence-corrected chi connectivity index (χ0v) is 13.0. The van der Waals surface area contributed by atoms with Gasteiger partial charge in [0.15, 0.2) is 0 Å². The lowest BCUT2D eigenvalue weighted by Crippen LogP contribution is -2.55. The van der Waals surface area contributed by atoms with Crippen LogP contribution in [-0.4, -0.2) is 36.3 Å². The van der Waals surface area contributed by atoms with E-state index in [0.29, 0.717) is 0 Å². The number of benzene rings is 1. The molecule has 110 valence electrons. The topological polar surface area (TPSA) is 26.3 Å². The van der Waals surface area contributed by atoms with Gasteiger partial charge in [0.25, 0.3) is 0 Å². The summed E-state index contributed by atoms with van der Waals surface area (Å²) in [6.07, 6.45) is 3.16. The maximum Gasteiger partial charge on any atom is 0.335 e. The second-order valence-corrected chi connectivity index (χ2v) is 4.95. The molecule has 1 unspecified atom stereocenters. The molecule has 0 amide bonds. The van der Waals surface area contributed by atoms with E-state index in [0.717, 1.165) is 29.7 Å². The number of rotatable bonds is 7. The minimum Gasteiger partial charge on any atom is -0.410 e. The SMILES string of the molecule is CC[N+](CC)(CC)C(C)OC(=O)/C=C/c1ccccc1. The Balaban J connectivity index is 2.64. The number of esters is 1. The summed E-state index contributed by atoms with van der Waals surface area (Å²) in [4.78, 5) is 11.9. The minimum atomic E-state index is -0.279. The molecule has 0 N–H and O–H groups in total. The summed E-state index contributed by atoms with van der Waals surface area (Å²) < 4.78 is 6.35. The van der Waals surface area contributed by atoms with Crippen LogP contribution in [0.15, 0.2) is 36.4 Å². The lowest BCUT2D eigenvalue weighted by Gasteiger charge is -2.39. The predicted octanol–water partition coefficient (Wildman–Crippen LogP) is 3.47. The molecule has 0 aromatic heterocycles. The van der Waals surface area contributed by atoms with E-state index in [1.807, 2.05) is 37.3 Å².